The number of anilines is 1. The van der Waals surface area contributed by atoms with E-state index >= 15 is 0 Å². The molecule has 0 saturated heterocycles. The highest BCUT2D eigenvalue weighted by Crippen LogP contribution is 2.42. The number of nitrogens with zero attached hydrogens (tertiary/aromatic N) is 4. The van der Waals surface area contributed by atoms with Crippen LogP contribution in [0.4, 0.5) is 5.69 Å². The Bertz CT molecular complexity index is 1380. The molecule has 1 aliphatic heterocycles. The van der Waals surface area contributed by atoms with Crippen LogP contribution in [0.2, 0.25) is 0 Å². The molecule has 0 fully saturated rings. The summed E-state index contributed by atoms with van der Waals surface area (Å²) in [5, 5.41) is 14.7. The van der Waals surface area contributed by atoms with E-state index < -0.39 is 0 Å². The minimum Gasteiger partial charge on any atom is -0.369 e. The summed E-state index contributed by atoms with van der Waals surface area (Å²) in [4.78, 5) is 19.9. The van der Waals surface area contributed by atoms with Crippen LogP contribution in [0.1, 0.15) is 49.6 Å². The van der Waals surface area contributed by atoms with E-state index in [1.54, 1.807) is 23.1 Å². The van der Waals surface area contributed by atoms with Crippen LogP contribution < -0.4 is 5.32 Å². The first-order chi connectivity index (χ1) is 16.9. The van der Waals surface area contributed by atoms with Crippen molar-refractivity contribution in [3.05, 3.63) is 40.3 Å². The average molecular weight is 528 g/mol. The second-order valence-electron chi connectivity index (χ2n) is 9.04. The Morgan fingerprint density at radius 1 is 1.20 bits per heavy atom. The molecule has 1 aliphatic rings. The molecule has 0 saturated carbocycles. The minimum absolute atomic E-state index is 0.0730. The highest BCUT2D eigenvalue weighted by atomic mass is 32.2. The van der Waals surface area contributed by atoms with E-state index in [2.05, 4.69) is 36.3 Å². The summed E-state index contributed by atoms with van der Waals surface area (Å²) in [6.45, 7) is 9.14. The average Bonchev–Trinajstić information content (AvgIpc) is 3.43. The number of thioether (sulfide) groups is 2. The molecule has 0 radical (unpaired) electrons. The molecule has 0 aliphatic carbocycles. The van der Waals surface area contributed by atoms with Crippen molar-refractivity contribution in [1.82, 2.24) is 19.6 Å². The third-order valence-electron chi connectivity index (χ3n) is 6.27. The Balaban J connectivity index is 1.48. The summed E-state index contributed by atoms with van der Waals surface area (Å²) in [6.07, 6.45) is 2.83. The number of benzene rings is 1. The zero-order chi connectivity index (χ0) is 24.6. The molecule has 1 aromatic carbocycles. The lowest BCUT2D eigenvalue weighted by Crippen LogP contribution is -2.33. The quantitative estimate of drug-likeness (QED) is 0.218. The zero-order valence-corrected chi connectivity index (χ0v) is 22.8. The van der Waals surface area contributed by atoms with Crippen molar-refractivity contribution in [1.29, 1.82) is 0 Å². The molecule has 35 heavy (non-hydrogen) atoms. The van der Waals surface area contributed by atoms with Gasteiger partial charge in [-0.25, -0.2) is 9.38 Å². The molecule has 1 amide bonds. The van der Waals surface area contributed by atoms with Gasteiger partial charge in [-0.05, 0) is 44.4 Å². The number of carbonyl (C=O) groups excluding carboxylic acids is 1. The number of carbonyl (C=O) groups is 1. The van der Waals surface area contributed by atoms with Crippen LogP contribution in [0, 0.1) is 6.92 Å². The van der Waals surface area contributed by atoms with Gasteiger partial charge in [0.2, 0.25) is 5.91 Å². The van der Waals surface area contributed by atoms with Crippen molar-refractivity contribution >= 4 is 62.3 Å². The number of hydrogen-bond donors (Lipinski definition) is 1. The number of thiophene rings is 1. The van der Waals surface area contributed by atoms with Crippen LogP contribution in [-0.2, 0) is 22.6 Å². The number of fused-ring (bicyclic) bond motifs is 5. The third-order valence-corrected chi connectivity index (χ3v) is 9.44. The Kier molecular flexibility index (Phi) is 7.07. The monoisotopic (exact) mass is 527 g/mol. The maximum absolute atomic E-state index is 12.6. The molecule has 4 heterocycles. The number of ether oxygens (including phenoxy) is 1. The molecule has 3 aromatic heterocycles. The van der Waals surface area contributed by atoms with Gasteiger partial charge in [0, 0.05) is 22.7 Å². The molecule has 7 nitrogen and oxygen atoms in total. The van der Waals surface area contributed by atoms with Gasteiger partial charge in [0.25, 0.3) is 0 Å². The fourth-order valence-electron chi connectivity index (χ4n) is 4.09. The number of hydrogen-bond acceptors (Lipinski definition) is 8. The van der Waals surface area contributed by atoms with Crippen LogP contribution >= 0.6 is 34.9 Å². The highest BCUT2D eigenvalue weighted by molar-refractivity contribution is 8.00. The van der Waals surface area contributed by atoms with Gasteiger partial charge in [0.15, 0.2) is 16.0 Å². The molecule has 0 spiro atoms. The van der Waals surface area contributed by atoms with Gasteiger partial charge in [-0.1, -0.05) is 55.1 Å². The van der Waals surface area contributed by atoms with Crippen molar-refractivity contribution in [3.8, 4) is 0 Å². The molecule has 184 valence electrons. The third kappa shape index (κ3) is 4.94. The Morgan fingerprint density at radius 2 is 2.00 bits per heavy atom. The molecule has 4 aromatic rings. The number of amides is 1. The summed E-state index contributed by atoms with van der Waals surface area (Å²) in [5.41, 5.74) is 3.88. The fraction of sp³-hybridized carbons (Fsp3) is 0.440. The van der Waals surface area contributed by atoms with E-state index in [4.69, 9.17) is 9.72 Å². The van der Waals surface area contributed by atoms with E-state index in [1.165, 1.54) is 22.2 Å². The summed E-state index contributed by atoms with van der Waals surface area (Å²) in [5.74, 6) is 1.12. The minimum atomic E-state index is -0.181. The molecular formula is C25H29N5O2S3. The topological polar surface area (TPSA) is 81.4 Å². The molecule has 0 unspecified atom stereocenters. The normalized spacial score (nSPS) is 17.7. The van der Waals surface area contributed by atoms with Crippen LogP contribution in [-0.4, -0.2) is 42.6 Å². The van der Waals surface area contributed by atoms with Gasteiger partial charge in [-0.3, -0.25) is 4.79 Å². The van der Waals surface area contributed by atoms with E-state index in [0.29, 0.717) is 11.8 Å². The molecule has 1 atom stereocenters. The van der Waals surface area contributed by atoms with Crippen molar-refractivity contribution in [2.45, 2.75) is 69.5 Å². The summed E-state index contributed by atoms with van der Waals surface area (Å²) >= 11 is 4.80. The van der Waals surface area contributed by atoms with Crippen molar-refractivity contribution in [2.24, 2.45) is 0 Å². The van der Waals surface area contributed by atoms with Gasteiger partial charge in [-0.2, -0.15) is 0 Å². The lowest BCUT2D eigenvalue weighted by Gasteiger charge is -2.33. The van der Waals surface area contributed by atoms with Gasteiger partial charge >= 0.3 is 0 Å². The van der Waals surface area contributed by atoms with E-state index in [-0.39, 0.29) is 17.3 Å². The number of nitrogens with one attached hydrogen (secondary N) is 1. The van der Waals surface area contributed by atoms with Gasteiger partial charge in [0.1, 0.15) is 4.83 Å². The number of aryl methyl sites for hydroxylation is 1. The maximum atomic E-state index is 12.6. The lowest BCUT2D eigenvalue weighted by molar-refractivity contribution is -0.113. The van der Waals surface area contributed by atoms with Crippen LogP contribution in [0.15, 0.2) is 34.6 Å². The van der Waals surface area contributed by atoms with Crippen LogP contribution in [0.25, 0.3) is 15.9 Å². The molecule has 10 heteroatoms. The van der Waals surface area contributed by atoms with E-state index in [9.17, 15) is 4.79 Å². The van der Waals surface area contributed by atoms with Crippen molar-refractivity contribution in [3.63, 3.8) is 0 Å². The SMILES string of the molecule is CCCSc1nc2sc3c(c2c2nnc(SCC(=O)Nc4ccc(C)cc4)n12)C[C@](C)(CC)OC3. The summed E-state index contributed by atoms with van der Waals surface area (Å²) in [7, 11) is 0. The Morgan fingerprint density at radius 3 is 2.74 bits per heavy atom. The Hall–Kier alpha value is -2.14. The molecular weight excluding hydrogens is 499 g/mol. The molecule has 0 bridgehead atoms. The summed E-state index contributed by atoms with van der Waals surface area (Å²) < 4.78 is 8.23. The first-order valence-corrected chi connectivity index (χ1v) is 14.6. The van der Waals surface area contributed by atoms with Crippen LogP contribution in [0.3, 0.4) is 0 Å². The van der Waals surface area contributed by atoms with Crippen LogP contribution in [0.5, 0.6) is 0 Å². The summed E-state index contributed by atoms with van der Waals surface area (Å²) in [6, 6.07) is 7.80. The van der Waals surface area contributed by atoms with E-state index in [0.717, 1.165) is 57.3 Å². The Labute approximate surface area is 217 Å². The highest BCUT2D eigenvalue weighted by Gasteiger charge is 2.33. The van der Waals surface area contributed by atoms with Crippen molar-refractivity contribution < 1.29 is 9.53 Å². The van der Waals surface area contributed by atoms with E-state index in [1.807, 2.05) is 35.6 Å². The lowest BCUT2D eigenvalue weighted by atomic mass is 9.90. The second kappa shape index (κ2) is 10.1. The zero-order valence-electron chi connectivity index (χ0n) is 20.4. The maximum Gasteiger partial charge on any atom is 0.234 e. The van der Waals surface area contributed by atoms with Gasteiger partial charge in [-0.15, -0.1) is 21.5 Å². The molecule has 1 N–H and O–H groups in total. The largest absolute Gasteiger partial charge is 0.369 e. The molecule has 5 rings (SSSR count). The predicted molar refractivity (Wildman–Crippen MR) is 145 cm³/mol. The van der Waals surface area contributed by atoms with Gasteiger partial charge in [0.05, 0.1) is 23.3 Å². The standard InChI is InChI=1S/C25H29N5O2S3/c1-5-11-33-23-27-22-20(17-12-25(4,6-2)32-13-18(17)35-22)21-28-29-24(30(21)23)34-14-19(31)26-16-9-7-15(3)8-10-16/h7-10H,5-6,11-14H2,1-4H3,(H,26,31)/t25-/m0/s1. The first-order valence-electron chi connectivity index (χ1n) is 11.9. The first kappa shape index (κ1) is 24.5. The smallest absolute Gasteiger partial charge is 0.234 e. The van der Waals surface area contributed by atoms with Gasteiger partial charge < -0.3 is 10.1 Å². The number of rotatable bonds is 8. The predicted octanol–water partition coefficient (Wildman–Crippen LogP) is 6.12. The number of aromatic nitrogens is 4. The second-order valence-corrected chi connectivity index (χ2v) is 12.1. The van der Waals surface area contributed by atoms with Crippen molar-refractivity contribution in [2.75, 3.05) is 16.8 Å². The fourth-order valence-corrected chi connectivity index (χ4v) is 6.88.